The normalized spacial score (nSPS) is 23.1. The fourth-order valence-corrected chi connectivity index (χ4v) is 2.27. The van der Waals surface area contributed by atoms with Crippen LogP contribution in [-0.4, -0.2) is 31.2 Å². The van der Waals surface area contributed by atoms with Gasteiger partial charge >= 0.3 is 0 Å². The van der Waals surface area contributed by atoms with Gasteiger partial charge in [-0.15, -0.1) is 0 Å². The van der Waals surface area contributed by atoms with Crippen LogP contribution in [0.5, 0.6) is 0 Å². The van der Waals surface area contributed by atoms with Crippen molar-refractivity contribution >= 4 is 5.82 Å². The van der Waals surface area contributed by atoms with Crippen LogP contribution in [-0.2, 0) is 0 Å². The molecular formula is C11H15N3. The summed E-state index contributed by atoms with van der Waals surface area (Å²) in [6.07, 6.45) is 1.94. The van der Waals surface area contributed by atoms with E-state index in [1.165, 1.54) is 31.7 Å². The summed E-state index contributed by atoms with van der Waals surface area (Å²) < 4.78 is 0. The highest BCUT2D eigenvalue weighted by atomic mass is 15.3. The summed E-state index contributed by atoms with van der Waals surface area (Å²) in [6, 6.07) is 4.25. The van der Waals surface area contributed by atoms with E-state index in [0.717, 1.165) is 5.82 Å². The Hall–Kier alpha value is -1.09. The van der Waals surface area contributed by atoms with Crippen LogP contribution in [0.15, 0.2) is 18.3 Å². The molecule has 0 atom stereocenters. The maximum Gasteiger partial charge on any atom is 0.128 e. The molecule has 1 aromatic heterocycles. The predicted octanol–water partition coefficient (Wildman–Crippen LogP) is 0.800. The second-order valence-corrected chi connectivity index (χ2v) is 4.65. The molecule has 3 rings (SSSR count). The molecule has 0 radical (unpaired) electrons. The maximum atomic E-state index is 4.43. The maximum absolute atomic E-state index is 4.43. The van der Waals surface area contributed by atoms with Gasteiger partial charge in [-0.1, -0.05) is 6.07 Å². The Bertz CT molecular complexity index is 332. The average Bonchev–Trinajstić information content (AvgIpc) is 2.03. The molecule has 0 unspecified atom stereocenters. The van der Waals surface area contributed by atoms with E-state index >= 15 is 0 Å². The summed E-state index contributed by atoms with van der Waals surface area (Å²) in [5, 5.41) is 3.34. The third-order valence-electron chi connectivity index (χ3n) is 3.27. The minimum Gasteiger partial charge on any atom is -0.355 e. The lowest BCUT2D eigenvalue weighted by atomic mass is 9.74. The summed E-state index contributed by atoms with van der Waals surface area (Å²) in [5.74, 6) is 1.13. The molecule has 2 aliphatic heterocycles. The zero-order chi connectivity index (χ0) is 9.60. The molecule has 3 nitrogen and oxygen atoms in total. The van der Waals surface area contributed by atoms with Crippen molar-refractivity contribution < 1.29 is 0 Å². The lowest BCUT2D eigenvalue weighted by Gasteiger charge is -2.56. The largest absolute Gasteiger partial charge is 0.355 e. The van der Waals surface area contributed by atoms with E-state index in [0.29, 0.717) is 5.41 Å². The monoisotopic (exact) mass is 189 g/mol. The lowest BCUT2D eigenvalue weighted by molar-refractivity contribution is 0.120. The van der Waals surface area contributed by atoms with Crippen molar-refractivity contribution in [3.63, 3.8) is 0 Å². The lowest BCUT2D eigenvalue weighted by Crippen LogP contribution is -2.71. The Morgan fingerprint density at radius 2 is 2.14 bits per heavy atom. The van der Waals surface area contributed by atoms with Gasteiger partial charge in [-0.2, -0.15) is 0 Å². The Balaban J connectivity index is 1.70. The summed E-state index contributed by atoms with van der Waals surface area (Å²) in [7, 11) is 0. The predicted molar refractivity (Wildman–Crippen MR) is 56.5 cm³/mol. The molecule has 3 heterocycles. The van der Waals surface area contributed by atoms with Crippen molar-refractivity contribution in [3.05, 3.63) is 23.9 Å². The van der Waals surface area contributed by atoms with Crippen LogP contribution < -0.4 is 10.2 Å². The first kappa shape index (κ1) is 8.24. The summed E-state index contributed by atoms with van der Waals surface area (Å²) in [4.78, 5) is 6.79. The van der Waals surface area contributed by atoms with Gasteiger partial charge in [-0.3, -0.25) is 0 Å². The molecule has 0 saturated carbocycles. The fourth-order valence-electron chi connectivity index (χ4n) is 2.27. The minimum atomic E-state index is 0.590. The van der Waals surface area contributed by atoms with Crippen LogP contribution in [0.3, 0.4) is 0 Å². The van der Waals surface area contributed by atoms with Gasteiger partial charge in [0, 0.05) is 37.8 Å². The Morgan fingerprint density at radius 3 is 2.64 bits per heavy atom. The van der Waals surface area contributed by atoms with E-state index in [1.807, 2.05) is 6.20 Å². The highest BCUT2D eigenvalue weighted by molar-refractivity contribution is 5.44. The Kier molecular flexibility index (Phi) is 1.59. The molecule has 3 heteroatoms. The third kappa shape index (κ3) is 1.12. The zero-order valence-electron chi connectivity index (χ0n) is 8.45. The van der Waals surface area contributed by atoms with Gasteiger partial charge in [-0.05, 0) is 18.6 Å². The fraction of sp³-hybridized carbons (Fsp3) is 0.545. The number of aromatic nitrogens is 1. The van der Waals surface area contributed by atoms with Gasteiger partial charge in [-0.25, -0.2) is 4.98 Å². The Labute approximate surface area is 84.1 Å². The van der Waals surface area contributed by atoms with Gasteiger partial charge in [0.15, 0.2) is 0 Å². The van der Waals surface area contributed by atoms with Gasteiger partial charge < -0.3 is 10.2 Å². The van der Waals surface area contributed by atoms with Crippen molar-refractivity contribution in [3.8, 4) is 0 Å². The van der Waals surface area contributed by atoms with Crippen LogP contribution in [0.25, 0.3) is 0 Å². The summed E-state index contributed by atoms with van der Waals surface area (Å²) >= 11 is 0. The van der Waals surface area contributed by atoms with E-state index in [-0.39, 0.29) is 0 Å². The van der Waals surface area contributed by atoms with Crippen molar-refractivity contribution in [2.45, 2.75) is 6.92 Å². The standard InChI is InChI=1S/C11H15N3/c1-9-2-3-10(13-4-9)14-7-11(8-14)5-12-6-11/h2-4,12H,5-8H2,1H3. The molecule has 74 valence electrons. The first-order valence-corrected chi connectivity index (χ1v) is 5.16. The van der Waals surface area contributed by atoms with Crippen molar-refractivity contribution in [2.24, 2.45) is 5.41 Å². The molecule has 1 spiro atoms. The Morgan fingerprint density at radius 1 is 1.36 bits per heavy atom. The average molecular weight is 189 g/mol. The van der Waals surface area contributed by atoms with Crippen molar-refractivity contribution in [2.75, 3.05) is 31.1 Å². The highest BCUT2D eigenvalue weighted by Gasteiger charge is 2.47. The molecule has 0 aromatic carbocycles. The van der Waals surface area contributed by atoms with Gasteiger partial charge in [0.2, 0.25) is 0 Å². The SMILES string of the molecule is Cc1ccc(N2CC3(CNC3)C2)nc1. The third-order valence-corrected chi connectivity index (χ3v) is 3.27. The summed E-state index contributed by atoms with van der Waals surface area (Å²) in [6.45, 7) is 6.81. The molecular weight excluding hydrogens is 174 g/mol. The van der Waals surface area contributed by atoms with Crippen LogP contribution in [0, 0.1) is 12.3 Å². The molecule has 1 aromatic rings. The highest BCUT2D eigenvalue weighted by Crippen LogP contribution is 2.36. The number of hydrogen-bond donors (Lipinski definition) is 1. The molecule has 2 aliphatic rings. The van der Waals surface area contributed by atoms with Crippen molar-refractivity contribution in [1.82, 2.24) is 10.3 Å². The number of pyridine rings is 1. The number of rotatable bonds is 1. The van der Waals surface area contributed by atoms with Gasteiger partial charge in [0.05, 0.1) is 0 Å². The van der Waals surface area contributed by atoms with E-state index in [4.69, 9.17) is 0 Å². The molecule has 0 bridgehead atoms. The summed E-state index contributed by atoms with van der Waals surface area (Å²) in [5.41, 5.74) is 1.82. The molecule has 0 aliphatic carbocycles. The first-order chi connectivity index (χ1) is 6.77. The number of nitrogens with zero attached hydrogens (tertiary/aromatic N) is 2. The second kappa shape index (κ2) is 2.70. The molecule has 2 fully saturated rings. The molecule has 1 N–H and O–H groups in total. The number of nitrogens with one attached hydrogen (secondary N) is 1. The van der Waals surface area contributed by atoms with Crippen molar-refractivity contribution in [1.29, 1.82) is 0 Å². The van der Waals surface area contributed by atoms with Crippen LogP contribution in [0.1, 0.15) is 5.56 Å². The van der Waals surface area contributed by atoms with E-state index in [1.54, 1.807) is 0 Å². The van der Waals surface area contributed by atoms with E-state index in [9.17, 15) is 0 Å². The second-order valence-electron chi connectivity index (χ2n) is 4.65. The topological polar surface area (TPSA) is 28.2 Å². The molecule has 14 heavy (non-hydrogen) atoms. The molecule has 0 amide bonds. The quantitative estimate of drug-likeness (QED) is 0.708. The smallest absolute Gasteiger partial charge is 0.128 e. The number of anilines is 1. The van der Waals surface area contributed by atoms with E-state index in [2.05, 4.69) is 34.3 Å². The number of aryl methyl sites for hydroxylation is 1. The number of hydrogen-bond acceptors (Lipinski definition) is 3. The zero-order valence-corrected chi connectivity index (χ0v) is 8.45. The van der Waals surface area contributed by atoms with E-state index < -0.39 is 0 Å². The van der Waals surface area contributed by atoms with Crippen LogP contribution in [0.4, 0.5) is 5.82 Å². The van der Waals surface area contributed by atoms with Crippen LogP contribution in [0.2, 0.25) is 0 Å². The molecule has 2 saturated heterocycles. The van der Waals surface area contributed by atoms with Gasteiger partial charge in [0.25, 0.3) is 0 Å². The van der Waals surface area contributed by atoms with Crippen LogP contribution >= 0.6 is 0 Å². The minimum absolute atomic E-state index is 0.590. The first-order valence-electron chi connectivity index (χ1n) is 5.16. The van der Waals surface area contributed by atoms with Gasteiger partial charge in [0.1, 0.15) is 5.82 Å².